The molecule has 0 aliphatic carbocycles. The zero-order valence-electron chi connectivity index (χ0n) is 9.34. The molecule has 0 heterocycles. The minimum Gasteiger partial charge on any atom is -0.348 e. The van der Waals surface area contributed by atoms with Crippen molar-refractivity contribution in [3.8, 4) is 6.07 Å². The number of halogens is 2. The standard InChI is InChI=1S/C12H12BrClN2O/c1-2-9(5-6-15)16-12(17)10-7-8(14)3-4-11(10)13/h3-4,7,9H,2,5H2,1H3,(H,16,17). The first-order chi connectivity index (χ1) is 8.08. The molecule has 0 radical (unpaired) electrons. The first-order valence-electron chi connectivity index (χ1n) is 5.21. The van der Waals surface area contributed by atoms with Gasteiger partial charge in [-0.05, 0) is 40.5 Å². The normalized spacial score (nSPS) is 11.6. The lowest BCUT2D eigenvalue weighted by Gasteiger charge is -2.14. The Kier molecular flexibility index (Phi) is 5.46. The van der Waals surface area contributed by atoms with Crippen LogP contribution in [0.5, 0.6) is 0 Å². The summed E-state index contributed by atoms with van der Waals surface area (Å²) in [5.74, 6) is -0.221. The van der Waals surface area contributed by atoms with E-state index in [1.807, 2.05) is 13.0 Å². The molecular weight excluding hydrogens is 304 g/mol. The van der Waals surface area contributed by atoms with E-state index >= 15 is 0 Å². The lowest BCUT2D eigenvalue weighted by Crippen LogP contribution is -2.34. The molecule has 0 aliphatic rings. The Balaban J connectivity index is 2.82. The summed E-state index contributed by atoms with van der Waals surface area (Å²) in [6.07, 6.45) is 1.03. The Morgan fingerprint density at radius 1 is 1.65 bits per heavy atom. The molecule has 0 saturated heterocycles. The van der Waals surface area contributed by atoms with E-state index in [1.54, 1.807) is 18.2 Å². The highest BCUT2D eigenvalue weighted by Gasteiger charge is 2.14. The number of amides is 1. The molecule has 0 aliphatic heterocycles. The largest absolute Gasteiger partial charge is 0.348 e. The van der Waals surface area contributed by atoms with Crippen LogP contribution in [0.3, 0.4) is 0 Å². The third-order valence-corrected chi connectivity index (χ3v) is 3.27. The number of benzene rings is 1. The molecule has 5 heteroatoms. The number of nitrogens with zero attached hydrogens (tertiary/aromatic N) is 1. The van der Waals surface area contributed by atoms with Crippen LogP contribution < -0.4 is 5.32 Å². The molecule has 0 aromatic heterocycles. The summed E-state index contributed by atoms with van der Waals surface area (Å²) in [5.41, 5.74) is 0.480. The van der Waals surface area contributed by atoms with E-state index < -0.39 is 0 Å². The second-order valence-electron chi connectivity index (χ2n) is 3.57. The summed E-state index contributed by atoms with van der Waals surface area (Å²) in [5, 5.41) is 11.9. The molecule has 1 aromatic rings. The molecule has 1 rings (SSSR count). The van der Waals surface area contributed by atoms with Crippen molar-refractivity contribution in [1.29, 1.82) is 5.26 Å². The Morgan fingerprint density at radius 3 is 2.94 bits per heavy atom. The van der Waals surface area contributed by atoms with Crippen LogP contribution in [-0.4, -0.2) is 11.9 Å². The quantitative estimate of drug-likeness (QED) is 0.924. The fourth-order valence-corrected chi connectivity index (χ4v) is 1.94. The molecule has 1 amide bonds. The van der Waals surface area contributed by atoms with Crippen LogP contribution in [0.15, 0.2) is 22.7 Å². The predicted molar refractivity (Wildman–Crippen MR) is 70.9 cm³/mol. The van der Waals surface area contributed by atoms with Crippen LogP contribution >= 0.6 is 27.5 Å². The summed E-state index contributed by atoms with van der Waals surface area (Å²) < 4.78 is 0.686. The molecule has 0 saturated carbocycles. The summed E-state index contributed by atoms with van der Waals surface area (Å²) in [4.78, 5) is 12.0. The van der Waals surface area contributed by atoms with Gasteiger partial charge in [-0.25, -0.2) is 0 Å². The average Bonchev–Trinajstić information content (AvgIpc) is 2.31. The molecule has 90 valence electrons. The second-order valence-corrected chi connectivity index (χ2v) is 4.86. The van der Waals surface area contributed by atoms with Gasteiger partial charge < -0.3 is 5.32 Å². The van der Waals surface area contributed by atoms with E-state index in [2.05, 4.69) is 21.2 Å². The molecule has 0 fully saturated rings. The fraction of sp³-hybridized carbons (Fsp3) is 0.333. The topological polar surface area (TPSA) is 52.9 Å². The predicted octanol–water partition coefficient (Wildman–Crippen LogP) is 3.52. The minimum atomic E-state index is -0.221. The van der Waals surface area contributed by atoms with E-state index in [0.717, 1.165) is 6.42 Å². The number of carbonyl (C=O) groups is 1. The van der Waals surface area contributed by atoms with Gasteiger partial charge in [-0.15, -0.1) is 0 Å². The first kappa shape index (κ1) is 14.0. The number of hydrogen-bond acceptors (Lipinski definition) is 2. The third kappa shape index (κ3) is 4.03. The van der Waals surface area contributed by atoms with E-state index in [1.165, 1.54) is 0 Å². The van der Waals surface area contributed by atoms with Crippen LogP contribution in [0.4, 0.5) is 0 Å². The van der Waals surface area contributed by atoms with Gasteiger partial charge in [0.2, 0.25) is 0 Å². The molecule has 1 unspecified atom stereocenters. The number of carbonyl (C=O) groups excluding carboxylic acids is 1. The van der Waals surface area contributed by atoms with Gasteiger partial charge in [-0.3, -0.25) is 4.79 Å². The van der Waals surface area contributed by atoms with Crippen molar-refractivity contribution >= 4 is 33.4 Å². The second kappa shape index (κ2) is 6.63. The van der Waals surface area contributed by atoms with Gasteiger partial charge in [-0.2, -0.15) is 5.26 Å². The number of nitrogens with one attached hydrogen (secondary N) is 1. The van der Waals surface area contributed by atoms with Crippen LogP contribution in [0.25, 0.3) is 0 Å². The van der Waals surface area contributed by atoms with E-state index in [9.17, 15) is 4.79 Å². The van der Waals surface area contributed by atoms with Crippen molar-refractivity contribution in [1.82, 2.24) is 5.32 Å². The maximum absolute atomic E-state index is 12.0. The van der Waals surface area contributed by atoms with Gasteiger partial charge in [0.25, 0.3) is 5.91 Å². The van der Waals surface area contributed by atoms with Crippen molar-refractivity contribution in [2.75, 3.05) is 0 Å². The van der Waals surface area contributed by atoms with E-state index in [0.29, 0.717) is 21.5 Å². The Morgan fingerprint density at radius 2 is 2.35 bits per heavy atom. The molecule has 1 aromatic carbocycles. The first-order valence-corrected chi connectivity index (χ1v) is 6.38. The Labute approximate surface area is 114 Å². The molecule has 0 bridgehead atoms. The third-order valence-electron chi connectivity index (χ3n) is 2.34. The maximum Gasteiger partial charge on any atom is 0.252 e. The average molecular weight is 316 g/mol. The number of hydrogen-bond donors (Lipinski definition) is 1. The summed E-state index contributed by atoms with van der Waals surface area (Å²) in [7, 11) is 0. The lowest BCUT2D eigenvalue weighted by atomic mass is 10.1. The van der Waals surface area contributed by atoms with Crippen LogP contribution in [-0.2, 0) is 0 Å². The zero-order chi connectivity index (χ0) is 12.8. The van der Waals surface area contributed by atoms with Gasteiger partial charge in [0.05, 0.1) is 18.1 Å². The molecule has 17 heavy (non-hydrogen) atoms. The van der Waals surface area contributed by atoms with Crippen molar-refractivity contribution in [3.63, 3.8) is 0 Å². The van der Waals surface area contributed by atoms with Crippen LogP contribution in [0, 0.1) is 11.3 Å². The number of nitriles is 1. The minimum absolute atomic E-state index is 0.126. The Hall–Kier alpha value is -1.05. The van der Waals surface area contributed by atoms with Gasteiger partial charge in [0.15, 0.2) is 0 Å². The monoisotopic (exact) mass is 314 g/mol. The maximum atomic E-state index is 12.0. The highest BCUT2D eigenvalue weighted by atomic mass is 79.9. The summed E-state index contributed by atoms with van der Waals surface area (Å²) in [6, 6.07) is 6.95. The smallest absolute Gasteiger partial charge is 0.252 e. The molecule has 3 nitrogen and oxygen atoms in total. The van der Waals surface area contributed by atoms with Gasteiger partial charge in [-0.1, -0.05) is 18.5 Å². The van der Waals surface area contributed by atoms with Crippen LogP contribution in [0.1, 0.15) is 30.1 Å². The van der Waals surface area contributed by atoms with E-state index in [-0.39, 0.29) is 11.9 Å². The summed E-state index contributed by atoms with van der Waals surface area (Å²) in [6.45, 7) is 1.93. The van der Waals surface area contributed by atoms with Crippen LogP contribution in [0.2, 0.25) is 5.02 Å². The van der Waals surface area contributed by atoms with Crippen molar-refractivity contribution in [2.24, 2.45) is 0 Å². The van der Waals surface area contributed by atoms with Gasteiger partial charge >= 0.3 is 0 Å². The highest BCUT2D eigenvalue weighted by molar-refractivity contribution is 9.10. The van der Waals surface area contributed by atoms with Gasteiger partial charge in [0.1, 0.15) is 0 Å². The molecule has 1 atom stereocenters. The van der Waals surface area contributed by atoms with Gasteiger partial charge in [0, 0.05) is 15.5 Å². The lowest BCUT2D eigenvalue weighted by molar-refractivity contribution is 0.0936. The summed E-state index contributed by atoms with van der Waals surface area (Å²) >= 11 is 9.14. The molecule has 1 N–H and O–H groups in total. The number of rotatable bonds is 4. The SMILES string of the molecule is CCC(CC#N)NC(=O)c1cc(Cl)ccc1Br. The molecule has 0 spiro atoms. The van der Waals surface area contributed by atoms with Crippen molar-refractivity contribution < 1.29 is 4.79 Å². The Bertz CT molecular complexity index is 456. The van der Waals surface area contributed by atoms with Crippen molar-refractivity contribution in [2.45, 2.75) is 25.8 Å². The fourth-order valence-electron chi connectivity index (χ4n) is 1.34. The van der Waals surface area contributed by atoms with E-state index in [4.69, 9.17) is 16.9 Å². The van der Waals surface area contributed by atoms with Crippen molar-refractivity contribution in [3.05, 3.63) is 33.3 Å². The molecular formula is C12H12BrClN2O. The highest BCUT2D eigenvalue weighted by Crippen LogP contribution is 2.21. The zero-order valence-corrected chi connectivity index (χ0v) is 11.7.